The average Bonchev–Trinajstić information content (AvgIpc) is 2.00. The largest absolute Gasteiger partial charge is 0.456 e. The second-order valence-electron chi connectivity index (χ2n) is 1.56. The minimum Gasteiger partial charge on any atom is -0.456 e. The van der Waals surface area contributed by atoms with E-state index in [9.17, 15) is 9.36 Å². The van der Waals surface area contributed by atoms with Crippen molar-refractivity contribution in [1.29, 1.82) is 0 Å². The van der Waals surface area contributed by atoms with Crippen LogP contribution in [0.4, 0.5) is 0 Å². The predicted molar refractivity (Wildman–Crippen MR) is 44.6 cm³/mol. The zero-order valence-electron chi connectivity index (χ0n) is 5.47. The van der Waals surface area contributed by atoms with Gasteiger partial charge in [-0.2, -0.15) is 0 Å². The lowest BCUT2D eigenvalue weighted by atomic mass is 10.7. The zero-order valence-corrected chi connectivity index (χ0v) is 7.98. The van der Waals surface area contributed by atoms with Crippen LogP contribution in [0.25, 0.3) is 0 Å². The Bertz CT molecular complexity index is 181. The maximum atomic E-state index is 10.7. The SMILES string of the molecule is C=CCOC(=O)C(Cl)(Cl)[PH+]=O. The van der Waals surface area contributed by atoms with Crippen LogP contribution in [0, 0.1) is 0 Å². The number of hydrogen-bond acceptors (Lipinski definition) is 3. The first kappa shape index (κ1) is 10.9. The molecule has 0 radical (unpaired) electrons. The number of alkyl halides is 2. The van der Waals surface area contributed by atoms with Crippen molar-refractivity contribution in [3.05, 3.63) is 12.7 Å². The Kier molecular flexibility index (Phi) is 4.66. The molecule has 0 spiro atoms. The van der Waals surface area contributed by atoms with Gasteiger partial charge in [0.05, 0.1) is 0 Å². The molecule has 0 aliphatic heterocycles. The van der Waals surface area contributed by atoms with E-state index in [1.807, 2.05) is 0 Å². The Morgan fingerprint density at radius 1 is 1.73 bits per heavy atom. The van der Waals surface area contributed by atoms with Gasteiger partial charge >= 0.3 is 18.5 Å². The van der Waals surface area contributed by atoms with Crippen LogP contribution in [0.2, 0.25) is 0 Å². The van der Waals surface area contributed by atoms with Gasteiger partial charge in [-0.25, -0.2) is 4.79 Å². The number of halogens is 2. The number of ether oxygens (including phenoxy) is 1. The summed E-state index contributed by atoms with van der Waals surface area (Å²) in [7, 11) is -1.15. The highest BCUT2D eigenvalue weighted by molar-refractivity contribution is 7.35. The van der Waals surface area contributed by atoms with Crippen LogP contribution < -0.4 is 0 Å². The minimum atomic E-state index is -1.94. The molecule has 0 fully saturated rings. The summed E-state index contributed by atoms with van der Waals surface area (Å²) in [4.78, 5) is 10.7. The van der Waals surface area contributed by atoms with Gasteiger partial charge in [0.1, 0.15) is 6.61 Å². The quantitative estimate of drug-likeness (QED) is 0.312. The van der Waals surface area contributed by atoms with Gasteiger partial charge < -0.3 is 4.74 Å². The molecule has 3 nitrogen and oxygen atoms in total. The molecule has 0 aromatic carbocycles. The highest BCUT2D eigenvalue weighted by Gasteiger charge is 2.45. The molecule has 62 valence electrons. The van der Waals surface area contributed by atoms with E-state index in [1.54, 1.807) is 0 Å². The Labute approximate surface area is 75.5 Å². The Hall–Kier alpha value is -0.110. The molecule has 0 rings (SSSR count). The molecule has 1 atom stereocenters. The summed E-state index contributed by atoms with van der Waals surface area (Å²) in [6.45, 7) is 3.31. The van der Waals surface area contributed by atoms with Crippen LogP contribution in [-0.4, -0.2) is 16.7 Å². The summed E-state index contributed by atoms with van der Waals surface area (Å²) < 4.78 is 12.7. The van der Waals surface area contributed by atoms with E-state index in [0.29, 0.717) is 0 Å². The van der Waals surface area contributed by atoms with Crippen molar-refractivity contribution in [2.24, 2.45) is 0 Å². The first-order valence-electron chi connectivity index (χ1n) is 2.60. The van der Waals surface area contributed by atoms with Crippen LogP contribution in [0.15, 0.2) is 12.7 Å². The van der Waals surface area contributed by atoms with Crippen molar-refractivity contribution >= 4 is 37.6 Å². The van der Waals surface area contributed by atoms with Crippen molar-refractivity contribution in [1.82, 2.24) is 0 Å². The molecule has 0 heterocycles. The van der Waals surface area contributed by atoms with Crippen molar-refractivity contribution < 1.29 is 14.1 Å². The predicted octanol–water partition coefficient (Wildman–Crippen LogP) is 1.87. The molecule has 0 aromatic heterocycles. The molecule has 0 amide bonds. The van der Waals surface area contributed by atoms with Crippen LogP contribution in [0.1, 0.15) is 0 Å². The molecule has 0 aliphatic rings. The average molecular weight is 216 g/mol. The van der Waals surface area contributed by atoms with Crippen LogP contribution in [0.3, 0.4) is 0 Å². The van der Waals surface area contributed by atoms with Gasteiger partial charge in [-0.15, -0.1) is 0 Å². The van der Waals surface area contributed by atoms with Gasteiger partial charge in [0.2, 0.25) is 0 Å². The zero-order chi connectivity index (χ0) is 8.91. The summed E-state index contributed by atoms with van der Waals surface area (Å²) in [6, 6.07) is 0. The summed E-state index contributed by atoms with van der Waals surface area (Å²) in [6.07, 6.45) is 1.36. The molecule has 0 saturated heterocycles. The van der Waals surface area contributed by atoms with E-state index in [2.05, 4.69) is 11.3 Å². The third-order valence-corrected chi connectivity index (χ3v) is 1.95. The lowest BCUT2D eigenvalue weighted by Crippen LogP contribution is -2.22. The topological polar surface area (TPSA) is 43.4 Å². The van der Waals surface area contributed by atoms with Crippen LogP contribution in [0.5, 0.6) is 0 Å². The molecule has 1 unspecified atom stereocenters. The molecule has 11 heavy (non-hydrogen) atoms. The molecule has 0 aromatic rings. The van der Waals surface area contributed by atoms with Gasteiger partial charge in [0.25, 0.3) is 0 Å². The third-order valence-electron chi connectivity index (χ3n) is 0.717. The van der Waals surface area contributed by atoms with Gasteiger partial charge in [-0.05, 0) is 23.2 Å². The van der Waals surface area contributed by atoms with E-state index in [-0.39, 0.29) is 6.61 Å². The van der Waals surface area contributed by atoms with Crippen molar-refractivity contribution in [3.8, 4) is 0 Å². The standard InChI is InChI=1S/C5H5Cl2O3P/c1-2-3-10-4(8)5(6,7)11-9/h2H,1,3H2/p+1. The molecule has 0 saturated carbocycles. The second-order valence-corrected chi connectivity index (χ2v) is 4.48. The number of rotatable bonds is 4. The Morgan fingerprint density at radius 3 is 2.64 bits per heavy atom. The number of hydrogen-bond donors (Lipinski definition) is 0. The molecule has 0 bridgehead atoms. The molecular formula is C5H6Cl2O3P+. The minimum absolute atomic E-state index is 0.00447. The molecule has 6 heteroatoms. The normalized spacial score (nSPS) is 11.1. The van der Waals surface area contributed by atoms with Crippen LogP contribution in [-0.2, 0) is 14.1 Å². The van der Waals surface area contributed by atoms with Crippen molar-refractivity contribution in [2.75, 3.05) is 6.61 Å². The summed E-state index contributed by atoms with van der Waals surface area (Å²) in [5.41, 5.74) is 0. The maximum absolute atomic E-state index is 10.7. The van der Waals surface area contributed by atoms with Crippen molar-refractivity contribution in [2.45, 2.75) is 4.07 Å². The van der Waals surface area contributed by atoms with E-state index in [1.165, 1.54) is 6.08 Å². The number of carbonyl (C=O) groups is 1. The Balaban J connectivity index is 4.01. The fourth-order valence-corrected chi connectivity index (χ4v) is 0.532. The van der Waals surface area contributed by atoms with E-state index >= 15 is 0 Å². The van der Waals surface area contributed by atoms with Crippen molar-refractivity contribution in [3.63, 3.8) is 0 Å². The lowest BCUT2D eigenvalue weighted by molar-refractivity contribution is -0.141. The van der Waals surface area contributed by atoms with Crippen LogP contribution >= 0.6 is 31.7 Å². The first-order chi connectivity index (χ1) is 5.04. The Morgan fingerprint density at radius 2 is 2.27 bits per heavy atom. The molecule has 0 N–H and O–H groups in total. The maximum Gasteiger partial charge on any atom is 0.405 e. The van der Waals surface area contributed by atoms with E-state index < -0.39 is 18.5 Å². The fraction of sp³-hybridized carbons (Fsp3) is 0.400. The van der Waals surface area contributed by atoms with E-state index in [4.69, 9.17) is 23.2 Å². The third kappa shape index (κ3) is 3.71. The smallest absolute Gasteiger partial charge is 0.405 e. The summed E-state index contributed by atoms with van der Waals surface area (Å²) in [5, 5.41) is 0. The lowest BCUT2D eigenvalue weighted by Gasteiger charge is -2.02. The fourth-order valence-electron chi connectivity index (χ4n) is 0.267. The van der Waals surface area contributed by atoms with Gasteiger partial charge in [0, 0.05) is 0 Å². The molecule has 0 aliphatic carbocycles. The number of carbonyl (C=O) groups excluding carboxylic acids is 1. The first-order valence-corrected chi connectivity index (χ1v) is 4.26. The second kappa shape index (κ2) is 4.70. The monoisotopic (exact) mass is 215 g/mol. The highest BCUT2D eigenvalue weighted by atomic mass is 35.5. The van der Waals surface area contributed by atoms with Gasteiger partial charge in [-0.1, -0.05) is 17.2 Å². The molecular weight excluding hydrogens is 210 g/mol. The van der Waals surface area contributed by atoms with E-state index in [0.717, 1.165) is 0 Å². The van der Waals surface area contributed by atoms with Gasteiger partial charge in [-0.3, -0.25) is 0 Å². The summed E-state index contributed by atoms with van der Waals surface area (Å²) >= 11 is 10.5. The van der Waals surface area contributed by atoms with Gasteiger partial charge in [0.15, 0.2) is 0 Å². The number of esters is 1. The highest BCUT2D eigenvalue weighted by Crippen LogP contribution is 2.34. The summed E-state index contributed by atoms with van der Waals surface area (Å²) in [5.74, 6) is -0.922.